The molecule has 3 atom stereocenters. The van der Waals surface area contributed by atoms with Crippen molar-refractivity contribution in [3.05, 3.63) is 35.9 Å². The molecule has 0 radical (unpaired) electrons. The van der Waals surface area contributed by atoms with Gasteiger partial charge in [-0.25, -0.2) is 0 Å². The zero-order valence-electron chi connectivity index (χ0n) is 13.3. The van der Waals surface area contributed by atoms with Crippen LogP contribution in [0.2, 0.25) is 0 Å². The van der Waals surface area contributed by atoms with Gasteiger partial charge in [-0.05, 0) is 35.3 Å². The molecule has 2 heterocycles. The first kappa shape index (κ1) is 15.4. The van der Waals surface area contributed by atoms with Gasteiger partial charge >= 0.3 is 0 Å². The summed E-state index contributed by atoms with van der Waals surface area (Å²) in [7, 11) is 0. The Labute approximate surface area is 133 Å². The SMILES string of the molecule is CC(C)C1CNC(c2ccccc2)CN1CC1CCSC1. The maximum absolute atomic E-state index is 3.77. The lowest BCUT2D eigenvalue weighted by atomic mass is 9.94. The van der Waals surface area contributed by atoms with Crippen molar-refractivity contribution in [3.63, 3.8) is 0 Å². The van der Waals surface area contributed by atoms with Gasteiger partial charge in [-0.1, -0.05) is 44.2 Å². The van der Waals surface area contributed by atoms with Crippen LogP contribution in [0, 0.1) is 11.8 Å². The smallest absolute Gasteiger partial charge is 0.0449 e. The number of nitrogens with zero attached hydrogens (tertiary/aromatic N) is 1. The van der Waals surface area contributed by atoms with E-state index in [-0.39, 0.29) is 0 Å². The van der Waals surface area contributed by atoms with Gasteiger partial charge in [0.2, 0.25) is 0 Å². The van der Waals surface area contributed by atoms with E-state index in [1.54, 1.807) is 0 Å². The molecular weight excluding hydrogens is 276 g/mol. The van der Waals surface area contributed by atoms with Gasteiger partial charge in [0.25, 0.3) is 0 Å². The average Bonchev–Trinajstić information content (AvgIpc) is 3.01. The van der Waals surface area contributed by atoms with Crippen LogP contribution in [-0.2, 0) is 0 Å². The Balaban J connectivity index is 1.69. The van der Waals surface area contributed by atoms with Crippen LogP contribution < -0.4 is 5.32 Å². The Hall–Kier alpha value is -0.510. The Bertz CT molecular complexity index is 428. The average molecular weight is 305 g/mol. The molecule has 0 aliphatic carbocycles. The molecule has 1 N–H and O–H groups in total. The number of nitrogens with one attached hydrogen (secondary N) is 1. The minimum atomic E-state index is 0.496. The summed E-state index contributed by atoms with van der Waals surface area (Å²) in [6.07, 6.45) is 1.41. The Kier molecular flexibility index (Phi) is 5.25. The van der Waals surface area contributed by atoms with E-state index >= 15 is 0 Å². The lowest BCUT2D eigenvalue weighted by molar-refractivity contribution is 0.0849. The molecule has 1 aromatic rings. The highest BCUT2D eigenvalue weighted by Gasteiger charge is 2.32. The third kappa shape index (κ3) is 3.82. The summed E-state index contributed by atoms with van der Waals surface area (Å²) in [6, 6.07) is 12.1. The Morgan fingerprint density at radius 2 is 2.10 bits per heavy atom. The van der Waals surface area contributed by atoms with E-state index in [2.05, 4.69) is 66.2 Å². The molecule has 2 nitrogen and oxygen atoms in total. The third-order valence-corrected chi connectivity index (χ3v) is 6.18. The van der Waals surface area contributed by atoms with Gasteiger partial charge in [0.15, 0.2) is 0 Å². The predicted molar refractivity (Wildman–Crippen MR) is 92.8 cm³/mol. The fourth-order valence-corrected chi connectivity index (χ4v) is 4.93. The molecule has 21 heavy (non-hydrogen) atoms. The molecule has 3 rings (SSSR count). The van der Waals surface area contributed by atoms with E-state index in [1.165, 1.54) is 30.0 Å². The molecular formula is C18H28N2S. The van der Waals surface area contributed by atoms with Crippen molar-refractivity contribution in [2.24, 2.45) is 11.8 Å². The maximum Gasteiger partial charge on any atom is 0.0449 e. The van der Waals surface area contributed by atoms with E-state index < -0.39 is 0 Å². The fourth-order valence-electron chi connectivity index (χ4n) is 3.66. The van der Waals surface area contributed by atoms with Crippen molar-refractivity contribution >= 4 is 11.8 Å². The van der Waals surface area contributed by atoms with Crippen molar-refractivity contribution in [3.8, 4) is 0 Å². The van der Waals surface area contributed by atoms with Crippen molar-refractivity contribution in [2.75, 3.05) is 31.1 Å². The summed E-state index contributed by atoms with van der Waals surface area (Å²) in [5, 5.41) is 3.77. The molecule has 0 amide bonds. The molecule has 1 aromatic carbocycles. The number of piperazine rings is 1. The van der Waals surface area contributed by atoms with Crippen molar-refractivity contribution in [1.29, 1.82) is 0 Å². The van der Waals surface area contributed by atoms with Crippen LogP contribution in [-0.4, -0.2) is 42.1 Å². The van der Waals surface area contributed by atoms with Gasteiger partial charge in [-0.3, -0.25) is 4.90 Å². The van der Waals surface area contributed by atoms with Crippen molar-refractivity contribution < 1.29 is 0 Å². The van der Waals surface area contributed by atoms with Gasteiger partial charge in [0.05, 0.1) is 0 Å². The summed E-state index contributed by atoms with van der Waals surface area (Å²) in [6.45, 7) is 8.31. The minimum absolute atomic E-state index is 0.496. The largest absolute Gasteiger partial charge is 0.307 e. The number of hydrogen-bond acceptors (Lipinski definition) is 3. The normalized spacial score (nSPS) is 30.9. The monoisotopic (exact) mass is 304 g/mol. The summed E-state index contributed by atoms with van der Waals surface area (Å²) in [5.74, 6) is 4.37. The first-order valence-electron chi connectivity index (χ1n) is 8.34. The summed E-state index contributed by atoms with van der Waals surface area (Å²) in [5.41, 5.74) is 1.44. The van der Waals surface area contributed by atoms with E-state index in [0.717, 1.165) is 24.9 Å². The Morgan fingerprint density at radius 1 is 1.29 bits per heavy atom. The number of benzene rings is 1. The highest BCUT2D eigenvalue weighted by molar-refractivity contribution is 7.99. The number of hydrogen-bond donors (Lipinski definition) is 1. The molecule has 116 valence electrons. The van der Waals surface area contributed by atoms with Gasteiger partial charge in [0, 0.05) is 31.7 Å². The molecule has 3 heteroatoms. The Morgan fingerprint density at radius 3 is 2.76 bits per heavy atom. The van der Waals surface area contributed by atoms with Gasteiger partial charge in [-0.2, -0.15) is 11.8 Å². The maximum atomic E-state index is 3.77. The second kappa shape index (κ2) is 7.17. The quantitative estimate of drug-likeness (QED) is 0.917. The first-order chi connectivity index (χ1) is 10.2. The van der Waals surface area contributed by atoms with Crippen LogP contribution in [0.1, 0.15) is 31.9 Å². The first-order valence-corrected chi connectivity index (χ1v) is 9.49. The van der Waals surface area contributed by atoms with Crippen molar-refractivity contribution in [2.45, 2.75) is 32.4 Å². The zero-order valence-corrected chi connectivity index (χ0v) is 14.1. The topological polar surface area (TPSA) is 15.3 Å². The number of rotatable bonds is 4. The number of thioether (sulfide) groups is 1. The molecule has 2 aliphatic heterocycles. The second-order valence-corrected chi connectivity index (χ2v) is 8.02. The molecule has 0 spiro atoms. The van der Waals surface area contributed by atoms with Crippen LogP contribution in [0.4, 0.5) is 0 Å². The van der Waals surface area contributed by atoms with Gasteiger partial charge < -0.3 is 5.32 Å². The van der Waals surface area contributed by atoms with Crippen LogP contribution in [0.3, 0.4) is 0 Å². The lowest BCUT2D eigenvalue weighted by Gasteiger charge is -2.43. The van der Waals surface area contributed by atoms with E-state index in [9.17, 15) is 0 Å². The van der Waals surface area contributed by atoms with Crippen molar-refractivity contribution in [1.82, 2.24) is 10.2 Å². The van der Waals surface area contributed by atoms with Gasteiger partial charge in [-0.15, -0.1) is 0 Å². The minimum Gasteiger partial charge on any atom is -0.307 e. The lowest BCUT2D eigenvalue weighted by Crippen LogP contribution is -2.55. The van der Waals surface area contributed by atoms with Crippen LogP contribution in [0.25, 0.3) is 0 Å². The molecule has 0 aromatic heterocycles. The van der Waals surface area contributed by atoms with E-state index in [1.807, 2.05) is 0 Å². The van der Waals surface area contributed by atoms with Gasteiger partial charge in [0.1, 0.15) is 0 Å². The fraction of sp³-hybridized carbons (Fsp3) is 0.667. The molecule has 2 saturated heterocycles. The molecule has 3 unspecified atom stereocenters. The van der Waals surface area contributed by atoms with Crippen LogP contribution >= 0.6 is 11.8 Å². The molecule has 2 fully saturated rings. The molecule has 0 bridgehead atoms. The summed E-state index contributed by atoms with van der Waals surface area (Å²) >= 11 is 2.14. The van der Waals surface area contributed by atoms with Crippen LogP contribution in [0.5, 0.6) is 0 Å². The predicted octanol–water partition coefficient (Wildman–Crippen LogP) is 3.41. The summed E-state index contributed by atoms with van der Waals surface area (Å²) < 4.78 is 0. The van der Waals surface area contributed by atoms with Crippen LogP contribution in [0.15, 0.2) is 30.3 Å². The highest BCUT2D eigenvalue weighted by atomic mass is 32.2. The van der Waals surface area contributed by atoms with E-state index in [0.29, 0.717) is 12.1 Å². The molecule has 0 saturated carbocycles. The zero-order chi connectivity index (χ0) is 14.7. The molecule has 2 aliphatic rings. The highest BCUT2D eigenvalue weighted by Crippen LogP contribution is 2.29. The third-order valence-electron chi connectivity index (χ3n) is 4.95. The second-order valence-electron chi connectivity index (χ2n) is 6.87. The van der Waals surface area contributed by atoms with E-state index in [4.69, 9.17) is 0 Å². The standard InChI is InChI=1S/C18H28N2S/c1-14(2)18-10-19-17(16-6-4-3-5-7-16)12-20(18)11-15-8-9-21-13-15/h3-7,14-15,17-19H,8-13H2,1-2H3. The summed E-state index contributed by atoms with van der Waals surface area (Å²) in [4.78, 5) is 2.77.